The van der Waals surface area contributed by atoms with E-state index in [2.05, 4.69) is 18.3 Å². The molecular weight excluding hydrogens is 445 g/mol. The van der Waals surface area contributed by atoms with E-state index < -0.39 is 11.9 Å². The van der Waals surface area contributed by atoms with E-state index in [0.717, 1.165) is 22.8 Å². The maximum atomic E-state index is 13.6. The molecule has 0 radical (unpaired) electrons. The van der Waals surface area contributed by atoms with Gasteiger partial charge in [-0.25, -0.2) is 9.18 Å². The number of ether oxygens (including phenoxy) is 1. The second-order valence-electron chi connectivity index (χ2n) is 7.92. The predicted molar refractivity (Wildman–Crippen MR) is 127 cm³/mol. The lowest BCUT2D eigenvalue weighted by molar-refractivity contribution is -0.138. The number of ketones is 1. The number of halogens is 1. The van der Waals surface area contributed by atoms with E-state index in [-0.39, 0.29) is 17.5 Å². The minimum atomic E-state index is -0.560. The second-order valence-corrected chi connectivity index (χ2v) is 10.3. The second kappa shape index (κ2) is 10.0. The molecule has 2 aromatic rings. The number of dihydropyridines is 1. The van der Waals surface area contributed by atoms with E-state index >= 15 is 0 Å². The molecule has 2 atom stereocenters. The van der Waals surface area contributed by atoms with Gasteiger partial charge in [-0.15, -0.1) is 11.3 Å². The fraction of sp³-hybridized carbons (Fsp3) is 0.360. The van der Waals surface area contributed by atoms with Crippen LogP contribution in [0.25, 0.3) is 0 Å². The van der Waals surface area contributed by atoms with Gasteiger partial charge in [0, 0.05) is 45.9 Å². The molecule has 2 aliphatic rings. The maximum Gasteiger partial charge on any atom is 0.336 e. The largest absolute Gasteiger partial charge is 0.461 e. The van der Waals surface area contributed by atoms with Crippen LogP contribution in [0.15, 0.2) is 64.3 Å². The summed E-state index contributed by atoms with van der Waals surface area (Å²) in [6.07, 6.45) is 1.10. The highest BCUT2D eigenvalue weighted by atomic mass is 32.2. The third kappa shape index (κ3) is 4.69. The summed E-state index contributed by atoms with van der Waals surface area (Å²) in [6, 6.07) is 10.1. The normalized spacial score (nSPS) is 20.8. The summed E-state index contributed by atoms with van der Waals surface area (Å²) < 4.78 is 19.2. The third-order valence-corrected chi connectivity index (χ3v) is 7.76. The van der Waals surface area contributed by atoms with Crippen molar-refractivity contribution in [3.8, 4) is 0 Å². The molecule has 0 unspecified atom stereocenters. The van der Waals surface area contributed by atoms with Crippen LogP contribution in [0.1, 0.15) is 49.0 Å². The Labute approximate surface area is 195 Å². The number of hydrogen-bond acceptors (Lipinski definition) is 6. The van der Waals surface area contributed by atoms with Gasteiger partial charge in [0.25, 0.3) is 0 Å². The van der Waals surface area contributed by atoms with Crippen molar-refractivity contribution in [3.63, 3.8) is 0 Å². The van der Waals surface area contributed by atoms with Crippen molar-refractivity contribution in [1.29, 1.82) is 0 Å². The molecule has 168 valence electrons. The first-order valence-corrected chi connectivity index (χ1v) is 12.8. The lowest BCUT2D eigenvalue weighted by Crippen LogP contribution is -2.36. The highest BCUT2D eigenvalue weighted by Crippen LogP contribution is 2.46. The van der Waals surface area contributed by atoms with Crippen molar-refractivity contribution in [3.05, 3.63) is 80.6 Å². The molecule has 0 fully saturated rings. The zero-order valence-electron chi connectivity index (χ0n) is 18.2. The van der Waals surface area contributed by atoms with E-state index in [1.165, 1.54) is 17.0 Å². The number of carbonyl (C=O) groups excluding carboxylic acids is 2. The zero-order chi connectivity index (χ0) is 22.7. The number of nitrogens with one attached hydrogen (secondary N) is 1. The summed E-state index contributed by atoms with van der Waals surface area (Å²) in [5.74, 6) is 0.468. The van der Waals surface area contributed by atoms with Crippen LogP contribution in [0.4, 0.5) is 4.39 Å². The first-order chi connectivity index (χ1) is 15.5. The number of rotatable bonds is 7. The monoisotopic (exact) mass is 471 g/mol. The summed E-state index contributed by atoms with van der Waals surface area (Å²) >= 11 is 3.36. The zero-order valence-corrected chi connectivity index (χ0v) is 19.8. The van der Waals surface area contributed by atoms with E-state index in [1.54, 1.807) is 35.2 Å². The fourth-order valence-electron chi connectivity index (χ4n) is 4.44. The lowest BCUT2D eigenvalue weighted by atomic mass is 9.72. The number of thiophene rings is 1. The summed E-state index contributed by atoms with van der Waals surface area (Å²) in [5.41, 5.74) is 3.29. The Morgan fingerprint density at radius 2 is 2.03 bits per heavy atom. The van der Waals surface area contributed by atoms with E-state index in [4.69, 9.17) is 4.74 Å². The number of esters is 1. The van der Waals surface area contributed by atoms with Gasteiger partial charge < -0.3 is 10.1 Å². The number of thioether (sulfide) groups is 1. The molecular formula is C25H26FNO3S2. The maximum absolute atomic E-state index is 13.6. The minimum absolute atomic E-state index is 0.0193. The van der Waals surface area contributed by atoms with Crippen molar-refractivity contribution in [1.82, 2.24) is 5.32 Å². The Kier molecular flexibility index (Phi) is 7.16. The van der Waals surface area contributed by atoms with E-state index in [9.17, 15) is 14.0 Å². The number of hydrogen-bond donors (Lipinski definition) is 1. The van der Waals surface area contributed by atoms with Gasteiger partial charge in [0.2, 0.25) is 0 Å². The molecule has 7 heteroatoms. The van der Waals surface area contributed by atoms with Gasteiger partial charge in [-0.3, -0.25) is 4.79 Å². The smallest absolute Gasteiger partial charge is 0.336 e. The van der Waals surface area contributed by atoms with Gasteiger partial charge in [-0.2, -0.15) is 11.8 Å². The summed E-state index contributed by atoms with van der Waals surface area (Å²) in [7, 11) is 0. The van der Waals surface area contributed by atoms with E-state index in [1.807, 2.05) is 18.4 Å². The van der Waals surface area contributed by atoms with Crippen LogP contribution in [0.3, 0.4) is 0 Å². The van der Waals surface area contributed by atoms with Crippen molar-refractivity contribution in [2.45, 2.75) is 38.5 Å². The molecule has 0 spiro atoms. The molecule has 32 heavy (non-hydrogen) atoms. The standard InChI is InChI=1S/C25H26FNO3S2/c1-3-31-12-10-30-25(29)22-15(2)27-19-13-17(21-5-4-11-32-21)14-20(28)24(19)23(22)16-6-8-18(26)9-7-16/h4-9,11,17,23,27H,3,10,12-14H2,1-2H3/t17-,23-/m0/s1. The Morgan fingerprint density at radius 1 is 1.25 bits per heavy atom. The molecule has 1 aromatic heterocycles. The third-order valence-electron chi connectivity index (χ3n) is 5.86. The Hall–Kier alpha value is -2.38. The molecule has 1 aromatic carbocycles. The number of Topliss-reactive ketones (excluding diaryl/α,β-unsaturated/α-hetero) is 1. The topological polar surface area (TPSA) is 55.4 Å². The fourth-order valence-corrected chi connectivity index (χ4v) is 5.76. The van der Waals surface area contributed by atoms with Crippen LogP contribution < -0.4 is 5.32 Å². The SMILES string of the molecule is CCSCCOC(=O)C1=C(C)NC2=C(C(=O)C[C@@H](c3cccs3)C2)[C@H]1c1ccc(F)cc1. The summed E-state index contributed by atoms with van der Waals surface area (Å²) in [5, 5.41) is 5.37. The van der Waals surface area contributed by atoms with Gasteiger partial charge in [-0.05, 0) is 48.2 Å². The Morgan fingerprint density at radius 3 is 2.72 bits per heavy atom. The highest BCUT2D eigenvalue weighted by molar-refractivity contribution is 7.99. The molecule has 0 bridgehead atoms. The Bertz CT molecular complexity index is 1060. The number of benzene rings is 1. The molecule has 1 N–H and O–H groups in total. The summed E-state index contributed by atoms with van der Waals surface area (Å²) in [6.45, 7) is 4.21. The highest BCUT2D eigenvalue weighted by Gasteiger charge is 2.41. The van der Waals surface area contributed by atoms with Crippen LogP contribution in [-0.4, -0.2) is 29.9 Å². The van der Waals surface area contributed by atoms with Crippen LogP contribution >= 0.6 is 23.1 Å². The Balaban J connectivity index is 1.70. The van der Waals surface area contributed by atoms with Gasteiger partial charge in [0.1, 0.15) is 12.4 Å². The van der Waals surface area contributed by atoms with Gasteiger partial charge in [-0.1, -0.05) is 25.1 Å². The van der Waals surface area contributed by atoms with Crippen LogP contribution in [0.5, 0.6) is 0 Å². The lowest BCUT2D eigenvalue weighted by Gasteiger charge is -2.36. The molecule has 0 saturated carbocycles. The van der Waals surface area contributed by atoms with Gasteiger partial charge >= 0.3 is 5.97 Å². The van der Waals surface area contributed by atoms with Gasteiger partial charge in [0.15, 0.2) is 5.78 Å². The molecule has 2 heterocycles. The van der Waals surface area contributed by atoms with Gasteiger partial charge in [0.05, 0.1) is 5.57 Å². The predicted octanol–water partition coefficient (Wildman–Crippen LogP) is 5.55. The van der Waals surface area contributed by atoms with Crippen LogP contribution in [0, 0.1) is 5.82 Å². The summed E-state index contributed by atoms with van der Waals surface area (Å²) in [4.78, 5) is 27.7. The average molecular weight is 472 g/mol. The molecule has 0 saturated heterocycles. The molecule has 0 amide bonds. The quantitative estimate of drug-likeness (QED) is 0.424. The molecule has 1 aliphatic carbocycles. The molecule has 4 rings (SSSR count). The van der Waals surface area contributed by atoms with Crippen molar-refractivity contribution >= 4 is 34.9 Å². The van der Waals surface area contributed by atoms with Crippen LogP contribution in [-0.2, 0) is 14.3 Å². The minimum Gasteiger partial charge on any atom is -0.461 e. The van der Waals surface area contributed by atoms with Crippen LogP contribution in [0.2, 0.25) is 0 Å². The first kappa shape index (κ1) is 22.8. The van der Waals surface area contributed by atoms with Crippen molar-refractivity contribution < 1.29 is 18.7 Å². The number of carbonyl (C=O) groups is 2. The average Bonchev–Trinajstić information content (AvgIpc) is 3.31. The van der Waals surface area contributed by atoms with E-state index in [0.29, 0.717) is 36.3 Å². The first-order valence-electron chi connectivity index (χ1n) is 10.8. The number of allylic oxidation sites excluding steroid dienone is 3. The van der Waals surface area contributed by atoms with Crippen molar-refractivity contribution in [2.24, 2.45) is 0 Å². The molecule has 4 nitrogen and oxygen atoms in total. The molecule has 1 aliphatic heterocycles. The van der Waals surface area contributed by atoms with Crippen molar-refractivity contribution in [2.75, 3.05) is 18.1 Å².